The van der Waals surface area contributed by atoms with Crippen LogP contribution < -0.4 is 0 Å². The summed E-state index contributed by atoms with van der Waals surface area (Å²) in [5.74, 6) is 0.940. The molecular formula is C17H35N3. The lowest BCUT2D eigenvalue weighted by Gasteiger charge is -2.41. The molecule has 118 valence electrons. The van der Waals surface area contributed by atoms with Gasteiger partial charge in [-0.1, -0.05) is 0 Å². The summed E-state index contributed by atoms with van der Waals surface area (Å²) in [6.45, 7) is 20.7. The minimum atomic E-state index is 0.731. The van der Waals surface area contributed by atoms with Crippen molar-refractivity contribution in [3.63, 3.8) is 0 Å². The fraction of sp³-hybridized carbons (Fsp3) is 0.882. The van der Waals surface area contributed by atoms with E-state index in [-0.39, 0.29) is 0 Å². The van der Waals surface area contributed by atoms with Crippen LogP contribution in [0.3, 0.4) is 0 Å². The van der Waals surface area contributed by atoms with Crippen LogP contribution in [0.2, 0.25) is 0 Å². The fourth-order valence-electron chi connectivity index (χ4n) is 3.31. The van der Waals surface area contributed by atoms with Gasteiger partial charge in [0.1, 0.15) is 0 Å². The molecule has 2 heterocycles. The molecule has 1 atom stereocenters. The number of piperazine rings is 1. The van der Waals surface area contributed by atoms with E-state index in [1.807, 2.05) is 0 Å². The molecule has 0 saturated carbocycles. The van der Waals surface area contributed by atoms with Crippen LogP contribution in [0.5, 0.6) is 0 Å². The summed E-state index contributed by atoms with van der Waals surface area (Å²) in [6.07, 6.45) is 2.80. The molecule has 2 saturated heterocycles. The third-order valence-corrected chi connectivity index (χ3v) is 4.94. The van der Waals surface area contributed by atoms with Crippen molar-refractivity contribution in [1.82, 2.24) is 14.7 Å². The van der Waals surface area contributed by atoms with E-state index in [0.717, 1.165) is 18.0 Å². The lowest BCUT2D eigenvalue weighted by atomic mass is 9.95. The van der Waals surface area contributed by atoms with Crippen molar-refractivity contribution in [3.8, 4) is 0 Å². The number of hydrogen-bond acceptors (Lipinski definition) is 3. The van der Waals surface area contributed by atoms with Gasteiger partial charge in [-0.2, -0.15) is 0 Å². The highest BCUT2D eigenvalue weighted by Crippen LogP contribution is 2.21. The molecule has 2 aliphatic heterocycles. The molecule has 0 bridgehead atoms. The van der Waals surface area contributed by atoms with Gasteiger partial charge < -0.3 is 14.7 Å². The Kier molecular flexibility index (Phi) is 7.78. The maximum absolute atomic E-state index is 3.00. The second-order valence-corrected chi connectivity index (χ2v) is 6.66. The van der Waals surface area contributed by atoms with E-state index in [4.69, 9.17) is 0 Å². The largest absolute Gasteiger partial charge is 0.301 e. The van der Waals surface area contributed by atoms with Crippen LogP contribution in [-0.4, -0.2) is 73.1 Å². The number of likely N-dealkylation sites (N-methyl/N-ethyl adjacent to an activating group) is 1. The molecule has 3 nitrogen and oxygen atoms in total. The molecular weight excluding hydrogens is 246 g/mol. The Morgan fingerprint density at radius 1 is 1.05 bits per heavy atom. The molecule has 2 fully saturated rings. The van der Waals surface area contributed by atoms with Crippen molar-refractivity contribution in [2.45, 2.75) is 45.7 Å². The minimum Gasteiger partial charge on any atom is -0.301 e. The molecule has 0 radical (unpaired) electrons. The smallest absolute Gasteiger partial charge is 0.0192 e. The highest BCUT2D eigenvalue weighted by molar-refractivity contribution is 4.81. The maximum atomic E-state index is 3.00. The van der Waals surface area contributed by atoms with Crippen LogP contribution in [-0.2, 0) is 0 Å². The van der Waals surface area contributed by atoms with Crippen molar-refractivity contribution in [2.75, 3.05) is 46.3 Å². The Bertz CT molecular complexity index is 259. The van der Waals surface area contributed by atoms with Gasteiger partial charge in [0.15, 0.2) is 0 Å². The predicted molar refractivity (Wildman–Crippen MR) is 89.2 cm³/mol. The average Bonchev–Trinajstić information content (AvgIpc) is 2.46. The molecule has 0 spiro atoms. The zero-order valence-corrected chi connectivity index (χ0v) is 14.1. The number of piperidine rings is 1. The molecule has 20 heavy (non-hydrogen) atoms. The van der Waals surface area contributed by atoms with Gasteiger partial charge in [-0.05, 0) is 59.7 Å². The summed E-state index contributed by atoms with van der Waals surface area (Å²) in [7, 11) is 2.25. The predicted octanol–water partition coefficient (Wildman–Crippen LogP) is 2.54. The van der Waals surface area contributed by atoms with Crippen molar-refractivity contribution in [2.24, 2.45) is 5.92 Å². The molecule has 0 amide bonds. The van der Waals surface area contributed by atoms with Crippen molar-refractivity contribution in [3.05, 3.63) is 13.2 Å². The lowest BCUT2D eigenvalue weighted by molar-refractivity contribution is 0.0711. The first-order valence-electron chi connectivity index (χ1n) is 8.23. The van der Waals surface area contributed by atoms with E-state index < -0.39 is 0 Å². The van der Waals surface area contributed by atoms with E-state index in [9.17, 15) is 0 Å². The van der Waals surface area contributed by atoms with E-state index in [0.29, 0.717) is 0 Å². The average molecular weight is 281 g/mol. The fourth-order valence-corrected chi connectivity index (χ4v) is 3.31. The number of rotatable bonds is 3. The van der Waals surface area contributed by atoms with Gasteiger partial charge in [-0.3, -0.25) is 0 Å². The molecule has 2 aliphatic rings. The molecule has 0 aliphatic carbocycles. The Morgan fingerprint density at radius 3 is 2.15 bits per heavy atom. The van der Waals surface area contributed by atoms with Crippen molar-refractivity contribution >= 4 is 0 Å². The zero-order chi connectivity index (χ0) is 15.1. The monoisotopic (exact) mass is 281 g/mol. The standard InChI is InChI=1S/C15H31N3.C2H4/c1-13(2)18-7-5-15(6-8-18)12-17-10-9-16(4)14(3)11-17;1-2/h13-15H,5-12H2,1-4H3;1-2H2. The van der Waals surface area contributed by atoms with Crippen LogP contribution in [0, 0.1) is 5.92 Å². The Labute approximate surface area is 126 Å². The molecule has 0 aromatic heterocycles. The summed E-state index contributed by atoms with van der Waals surface area (Å²) < 4.78 is 0. The van der Waals surface area contributed by atoms with Gasteiger partial charge in [0, 0.05) is 38.3 Å². The highest BCUT2D eigenvalue weighted by Gasteiger charge is 2.26. The van der Waals surface area contributed by atoms with Gasteiger partial charge in [-0.15, -0.1) is 13.2 Å². The first-order valence-corrected chi connectivity index (χ1v) is 8.23. The van der Waals surface area contributed by atoms with Crippen molar-refractivity contribution < 1.29 is 0 Å². The van der Waals surface area contributed by atoms with Gasteiger partial charge in [0.2, 0.25) is 0 Å². The molecule has 3 heteroatoms. The van der Waals surface area contributed by atoms with Crippen molar-refractivity contribution in [1.29, 1.82) is 0 Å². The van der Waals surface area contributed by atoms with E-state index >= 15 is 0 Å². The Hall–Kier alpha value is -0.380. The van der Waals surface area contributed by atoms with Crippen LogP contribution >= 0.6 is 0 Å². The summed E-state index contributed by atoms with van der Waals surface area (Å²) >= 11 is 0. The van der Waals surface area contributed by atoms with Crippen LogP contribution in [0.4, 0.5) is 0 Å². The third kappa shape index (κ3) is 5.19. The van der Waals surface area contributed by atoms with Crippen LogP contribution in [0.15, 0.2) is 13.2 Å². The Morgan fingerprint density at radius 2 is 1.65 bits per heavy atom. The first kappa shape index (κ1) is 17.7. The molecule has 2 rings (SSSR count). The topological polar surface area (TPSA) is 9.72 Å². The number of hydrogen-bond donors (Lipinski definition) is 0. The molecule has 0 N–H and O–H groups in total. The summed E-state index contributed by atoms with van der Waals surface area (Å²) in [4.78, 5) is 7.81. The van der Waals surface area contributed by atoms with Gasteiger partial charge in [0.25, 0.3) is 0 Å². The Balaban J connectivity index is 0.000000956. The lowest BCUT2D eigenvalue weighted by Crippen LogP contribution is -2.52. The first-order chi connectivity index (χ1) is 9.56. The number of nitrogens with zero attached hydrogens (tertiary/aromatic N) is 3. The molecule has 0 aromatic rings. The van der Waals surface area contributed by atoms with Gasteiger partial charge in [-0.25, -0.2) is 0 Å². The van der Waals surface area contributed by atoms with Crippen LogP contribution in [0.25, 0.3) is 0 Å². The quantitative estimate of drug-likeness (QED) is 0.736. The second kappa shape index (κ2) is 8.81. The summed E-state index contributed by atoms with van der Waals surface area (Å²) in [6, 6.07) is 1.46. The van der Waals surface area contributed by atoms with E-state index in [2.05, 4.69) is 55.7 Å². The maximum Gasteiger partial charge on any atom is 0.0192 e. The van der Waals surface area contributed by atoms with Gasteiger partial charge in [0.05, 0.1) is 0 Å². The van der Waals surface area contributed by atoms with E-state index in [1.165, 1.54) is 52.1 Å². The second-order valence-electron chi connectivity index (χ2n) is 6.66. The summed E-state index contributed by atoms with van der Waals surface area (Å²) in [5, 5.41) is 0. The van der Waals surface area contributed by atoms with Gasteiger partial charge >= 0.3 is 0 Å². The zero-order valence-electron chi connectivity index (χ0n) is 14.1. The third-order valence-electron chi connectivity index (χ3n) is 4.94. The van der Waals surface area contributed by atoms with Crippen LogP contribution in [0.1, 0.15) is 33.6 Å². The minimum absolute atomic E-state index is 0.731. The normalized spacial score (nSPS) is 27.4. The molecule has 1 unspecified atom stereocenters. The highest BCUT2D eigenvalue weighted by atomic mass is 15.3. The molecule has 0 aromatic carbocycles. The summed E-state index contributed by atoms with van der Waals surface area (Å²) in [5.41, 5.74) is 0. The SMILES string of the molecule is C=C.CC1CN(CC2CCN(C(C)C)CC2)CCN1C. The van der Waals surface area contributed by atoms with E-state index in [1.54, 1.807) is 0 Å². The number of likely N-dealkylation sites (tertiary alicyclic amines) is 1.